The zero-order valence-electron chi connectivity index (χ0n) is 15.5. The summed E-state index contributed by atoms with van der Waals surface area (Å²) in [6.45, 7) is 14.0. The second kappa shape index (κ2) is 5.80. The Labute approximate surface area is 149 Å². The number of epoxide rings is 1. The average Bonchev–Trinajstić information content (AvgIpc) is 3.28. The number of esters is 1. The number of carbonyl (C=O) groups excluding carboxylic acids is 2. The molecular weight excluding hydrogens is 316 g/mol. The first-order valence-corrected chi connectivity index (χ1v) is 8.73. The van der Waals surface area contributed by atoms with Gasteiger partial charge in [-0.2, -0.15) is 0 Å². The van der Waals surface area contributed by atoms with E-state index in [1.165, 1.54) is 7.11 Å². The van der Waals surface area contributed by atoms with Crippen LogP contribution in [0.2, 0.25) is 0 Å². The zero-order valence-corrected chi connectivity index (χ0v) is 15.5. The number of allylic oxidation sites excluding steroid dienone is 3. The van der Waals surface area contributed by atoms with Gasteiger partial charge in [0, 0.05) is 12.0 Å². The number of carbonyl (C=O) groups is 2. The second-order valence-electron chi connectivity index (χ2n) is 7.64. The Balaban J connectivity index is 2.09. The van der Waals surface area contributed by atoms with Crippen molar-refractivity contribution in [3.05, 3.63) is 47.6 Å². The van der Waals surface area contributed by atoms with Crippen molar-refractivity contribution in [2.45, 2.75) is 51.7 Å². The van der Waals surface area contributed by atoms with Crippen LogP contribution in [0.15, 0.2) is 47.6 Å². The van der Waals surface area contributed by atoms with Crippen molar-refractivity contribution >= 4 is 11.8 Å². The summed E-state index contributed by atoms with van der Waals surface area (Å²) in [5.74, 6) is -0.0919. The highest BCUT2D eigenvalue weighted by atomic mass is 16.6. The predicted octanol–water partition coefficient (Wildman–Crippen LogP) is 3.69. The van der Waals surface area contributed by atoms with E-state index in [1.807, 2.05) is 13.8 Å². The Morgan fingerprint density at radius 1 is 1.52 bits per heavy atom. The van der Waals surface area contributed by atoms with Crippen LogP contribution in [0.25, 0.3) is 0 Å². The fraction of sp³-hybridized carbons (Fsp3) is 0.524. The molecule has 0 aromatic carbocycles. The molecule has 0 aromatic rings. The summed E-state index contributed by atoms with van der Waals surface area (Å²) in [6, 6.07) is 0. The lowest BCUT2D eigenvalue weighted by Crippen LogP contribution is -2.46. The fourth-order valence-electron chi connectivity index (χ4n) is 4.85. The zero-order chi connectivity index (χ0) is 18.6. The molecule has 1 saturated heterocycles. The van der Waals surface area contributed by atoms with Gasteiger partial charge in [0.15, 0.2) is 5.78 Å². The largest absolute Gasteiger partial charge is 0.469 e. The monoisotopic (exact) mass is 342 g/mol. The van der Waals surface area contributed by atoms with E-state index in [0.717, 1.165) is 23.1 Å². The number of hydrogen-bond acceptors (Lipinski definition) is 4. The molecule has 1 aliphatic heterocycles. The van der Waals surface area contributed by atoms with Crippen LogP contribution in [-0.2, 0) is 19.1 Å². The number of methoxy groups -OCH3 is 1. The van der Waals surface area contributed by atoms with Crippen LogP contribution >= 0.6 is 0 Å². The van der Waals surface area contributed by atoms with Gasteiger partial charge in [-0.15, -0.1) is 0 Å². The number of ether oxygens (including phenoxy) is 2. The fourth-order valence-corrected chi connectivity index (χ4v) is 4.85. The maximum atomic E-state index is 12.6. The predicted molar refractivity (Wildman–Crippen MR) is 95.9 cm³/mol. The SMILES string of the molecule is C=CC1=C(C)C(=O)C=C2C(C)(CCC(=O)OC)C(C(=C)C)CC3OC213. The van der Waals surface area contributed by atoms with Crippen molar-refractivity contribution in [3.63, 3.8) is 0 Å². The topological polar surface area (TPSA) is 55.9 Å². The maximum Gasteiger partial charge on any atom is 0.305 e. The Morgan fingerprint density at radius 2 is 2.20 bits per heavy atom. The summed E-state index contributed by atoms with van der Waals surface area (Å²) in [7, 11) is 1.40. The Bertz CT molecular complexity index is 741. The third-order valence-corrected chi connectivity index (χ3v) is 6.28. The first kappa shape index (κ1) is 17.9. The Morgan fingerprint density at radius 3 is 2.76 bits per heavy atom. The van der Waals surface area contributed by atoms with Gasteiger partial charge in [-0.05, 0) is 55.2 Å². The number of ketones is 1. The van der Waals surface area contributed by atoms with Crippen LogP contribution in [0, 0.1) is 11.3 Å². The van der Waals surface area contributed by atoms with Crippen LogP contribution in [-0.4, -0.2) is 30.6 Å². The molecule has 4 atom stereocenters. The molecule has 1 heterocycles. The Hall–Kier alpha value is -1.94. The van der Waals surface area contributed by atoms with Crippen LogP contribution in [0.4, 0.5) is 0 Å². The molecule has 1 spiro atoms. The molecule has 4 nitrogen and oxygen atoms in total. The molecule has 0 N–H and O–H groups in total. The van der Waals surface area contributed by atoms with Crippen LogP contribution in [0.3, 0.4) is 0 Å². The maximum absolute atomic E-state index is 12.6. The lowest BCUT2D eigenvalue weighted by Gasteiger charge is -2.47. The quantitative estimate of drug-likeness (QED) is 0.434. The summed E-state index contributed by atoms with van der Waals surface area (Å²) in [5, 5.41) is 0. The minimum atomic E-state index is -0.545. The highest BCUT2D eigenvalue weighted by Gasteiger charge is 2.70. The molecule has 2 fully saturated rings. The third kappa shape index (κ3) is 2.38. The smallest absolute Gasteiger partial charge is 0.305 e. The molecule has 0 aromatic heterocycles. The number of hydrogen-bond donors (Lipinski definition) is 0. The van der Waals surface area contributed by atoms with Crippen LogP contribution in [0.5, 0.6) is 0 Å². The van der Waals surface area contributed by atoms with E-state index in [9.17, 15) is 9.59 Å². The van der Waals surface area contributed by atoms with Crippen molar-refractivity contribution in [1.29, 1.82) is 0 Å². The molecule has 25 heavy (non-hydrogen) atoms. The minimum Gasteiger partial charge on any atom is -0.469 e. The summed E-state index contributed by atoms with van der Waals surface area (Å²) in [6.07, 6.45) is 5.26. The molecule has 0 radical (unpaired) electrons. The van der Waals surface area contributed by atoms with Gasteiger partial charge < -0.3 is 9.47 Å². The molecule has 4 heteroatoms. The van der Waals surface area contributed by atoms with Crippen molar-refractivity contribution in [2.75, 3.05) is 7.11 Å². The minimum absolute atomic E-state index is 0.00330. The third-order valence-electron chi connectivity index (χ3n) is 6.28. The van der Waals surface area contributed by atoms with Gasteiger partial charge in [0.05, 0.1) is 13.2 Å². The van der Waals surface area contributed by atoms with Gasteiger partial charge in [0.2, 0.25) is 0 Å². The van der Waals surface area contributed by atoms with Crippen molar-refractivity contribution in [3.8, 4) is 0 Å². The van der Waals surface area contributed by atoms with Gasteiger partial charge >= 0.3 is 5.97 Å². The summed E-state index contributed by atoms with van der Waals surface area (Å²) in [5.41, 5.74) is 2.68. The molecule has 3 aliphatic rings. The van der Waals surface area contributed by atoms with E-state index in [4.69, 9.17) is 9.47 Å². The second-order valence-corrected chi connectivity index (χ2v) is 7.64. The molecule has 0 amide bonds. The van der Waals surface area contributed by atoms with Crippen molar-refractivity contribution in [1.82, 2.24) is 0 Å². The van der Waals surface area contributed by atoms with E-state index >= 15 is 0 Å². The molecular formula is C21H26O4. The van der Waals surface area contributed by atoms with E-state index in [1.54, 1.807) is 12.2 Å². The van der Waals surface area contributed by atoms with E-state index < -0.39 is 5.60 Å². The molecule has 1 saturated carbocycles. The van der Waals surface area contributed by atoms with Gasteiger partial charge in [-0.3, -0.25) is 9.59 Å². The van der Waals surface area contributed by atoms with Gasteiger partial charge in [0.1, 0.15) is 5.60 Å². The molecule has 4 unspecified atom stereocenters. The average molecular weight is 342 g/mol. The Kier molecular flexibility index (Phi) is 4.15. The summed E-state index contributed by atoms with van der Waals surface area (Å²) in [4.78, 5) is 24.4. The van der Waals surface area contributed by atoms with Gasteiger partial charge in [0.25, 0.3) is 0 Å². The van der Waals surface area contributed by atoms with Crippen molar-refractivity contribution in [2.24, 2.45) is 11.3 Å². The standard InChI is InChI=1S/C21H26O4/c1-7-14-13(4)16(22)11-17-20(5,9-8-19(23)24-6)15(12(2)3)10-18-21(14,17)25-18/h7,11,15,18H,1-2,8-10H2,3-6H3. The lowest BCUT2D eigenvalue weighted by molar-refractivity contribution is -0.141. The van der Waals surface area contributed by atoms with Crippen LogP contribution in [0.1, 0.15) is 40.0 Å². The molecule has 134 valence electrons. The summed E-state index contributed by atoms with van der Waals surface area (Å²) >= 11 is 0. The normalized spacial score (nSPS) is 36.2. The molecule has 0 bridgehead atoms. The molecule has 2 aliphatic carbocycles. The molecule has 3 rings (SSSR count). The van der Waals surface area contributed by atoms with E-state index in [0.29, 0.717) is 18.4 Å². The lowest BCUT2D eigenvalue weighted by atomic mass is 9.54. The van der Waals surface area contributed by atoms with E-state index in [2.05, 4.69) is 20.1 Å². The van der Waals surface area contributed by atoms with Gasteiger partial charge in [-0.25, -0.2) is 0 Å². The van der Waals surface area contributed by atoms with Crippen molar-refractivity contribution < 1.29 is 19.1 Å². The first-order valence-electron chi connectivity index (χ1n) is 8.73. The first-order chi connectivity index (χ1) is 11.7. The van der Waals surface area contributed by atoms with E-state index in [-0.39, 0.29) is 29.2 Å². The van der Waals surface area contributed by atoms with Crippen LogP contribution < -0.4 is 0 Å². The highest BCUT2D eigenvalue weighted by Crippen LogP contribution is 2.67. The number of rotatable bonds is 5. The van der Waals surface area contributed by atoms with Gasteiger partial charge in [-0.1, -0.05) is 31.7 Å². The summed E-state index contributed by atoms with van der Waals surface area (Å²) < 4.78 is 11.0. The highest BCUT2D eigenvalue weighted by molar-refractivity contribution is 6.07.